The Morgan fingerprint density at radius 2 is 2.11 bits per heavy atom. The second-order valence-corrected chi connectivity index (χ2v) is 8.58. The minimum atomic E-state index is -0.515. The maximum absolute atomic E-state index is 12.8. The van der Waals surface area contributed by atoms with Gasteiger partial charge in [0.05, 0.1) is 17.6 Å². The van der Waals surface area contributed by atoms with Gasteiger partial charge in [0.15, 0.2) is 12.0 Å². The summed E-state index contributed by atoms with van der Waals surface area (Å²) in [5.74, 6) is 0.823. The van der Waals surface area contributed by atoms with Crippen LogP contribution < -0.4 is 0 Å². The van der Waals surface area contributed by atoms with Gasteiger partial charge in [0, 0.05) is 32.4 Å². The zero-order valence-electron chi connectivity index (χ0n) is 19.4. The molecule has 3 heterocycles. The summed E-state index contributed by atoms with van der Waals surface area (Å²) in [4.78, 5) is 37.0. The van der Waals surface area contributed by atoms with Crippen LogP contribution in [0.5, 0.6) is 0 Å². The predicted molar refractivity (Wildman–Crippen MR) is 127 cm³/mol. The van der Waals surface area contributed by atoms with Crippen LogP contribution in [0.4, 0.5) is 4.79 Å². The Hall–Kier alpha value is -4.14. The van der Waals surface area contributed by atoms with E-state index in [1.54, 1.807) is 24.3 Å². The Bertz CT molecular complexity index is 1260. The van der Waals surface area contributed by atoms with E-state index in [1.165, 1.54) is 17.4 Å². The van der Waals surface area contributed by atoms with Crippen molar-refractivity contribution in [2.75, 3.05) is 13.6 Å². The van der Waals surface area contributed by atoms with Crippen molar-refractivity contribution in [3.8, 4) is 0 Å². The Labute approximate surface area is 203 Å². The van der Waals surface area contributed by atoms with Crippen molar-refractivity contribution >= 4 is 23.0 Å². The fraction of sp³-hybridized carbons (Fsp3) is 0.308. The largest absolute Gasteiger partial charge is 0.463 e. The van der Waals surface area contributed by atoms with E-state index in [-0.39, 0.29) is 24.8 Å². The molecule has 2 amide bonds. The third-order valence-corrected chi connectivity index (χ3v) is 6.12. The van der Waals surface area contributed by atoms with Gasteiger partial charge in [0.25, 0.3) is 0 Å². The summed E-state index contributed by atoms with van der Waals surface area (Å²) >= 11 is 0. The van der Waals surface area contributed by atoms with Crippen molar-refractivity contribution in [1.82, 2.24) is 19.8 Å². The first-order valence-electron chi connectivity index (χ1n) is 11.6. The van der Waals surface area contributed by atoms with Crippen LogP contribution in [-0.2, 0) is 25.5 Å². The summed E-state index contributed by atoms with van der Waals surface area (Å²) in [6.07, 6.45) is 13.7. The molecule has 1 aliphatic carbocycles. The van der Waals surface area contributed by atoms with Crippen molar-refractivity contribution in [3.63, 3.8) is 0 Å². The van der Waals surface area contributed by atoms with E-state index in [1.807, 2.05) is 30.4 Å². The van der Waals surface area contributed by atoms with Gasteiger partial charge in [0.2, 0.25) is 11.8 Å². The number of nitrogens with zero attached hydrogens (tertiary/aromatic N) is 4. The lowest BCUT2D eigenvalue weighted by molar-refractivity contribution is -0.130. The van der Waals surface area contributed by atoms with Crippen LogP contribution >= 0.6 is 0 Å². The van der Waals surface area contributed by atoms with Crippen LogP contribution in [-0.4, -0.2) is 51.5 Å². The molecule has 1 aromatic heterocycles. The standard InChI is InChI=1S/C26H26N4O5/c1-29(14-19-8-5-9-21-25(19)28-13-12-27-21)23(31)11-10-20-15-30(26(32)34-20)24-17-33-16-22(35-24)18-6-3-2-4-7-18/h2-3,5-6,8-9,12-13,16-17,20H,4,7,10-11,14-15H2,1H3. The average molecular weight is 475 g/mol. The van der Waals surface area contributed by atoms with Crippen LogP contribution in [0.15, 0.2) is 78.6 Å². The van der Waals surface area contributed by atoms with Crippen LogP contribution in [0.2, 0.25) is 0 Å². The Morgan fingerprint density at radius 3 is 2.97 bits per heavy atom. The topological polar surface area (TPSA) is 94.1 Å². The molecule has 1 atom stereocenters. The highest BCUT2D eigenvalue weighted by molar-refractivity contribution is 5.80. The zero-order chi connectivity index (χ0) is 24.2. The molecule has 2 aromatic rings. The van der Waals surface area contributed by atoms with E-state index < -0.39 is 12.2 Å². The van der Waals surface area contributed by atoms with E-state index in [4.69, 9.17) is 14.2 Å². The molecule has 1 aromatic carbocycles. The fourth-order valence-electron chi connectivity index (χ4n) is 4.23. The van der Waals surface area contributed by atoms with Crippen molar-refractivity contribution in [2.45, 2.75) is 38.3 Å². The molecular formula is C26H26N4O5. The van der Waals surface area contributed by atoms with E-state index in [0.29, 0.717) is 18.7 Å². The maximum Gasteiger partial charge on any atom is 0.417 e. The first kappa shape index (κ1) is 22.6. The fourth-order valence-corrected chi connectivity index (χ4v) is 4.23. The number of aromatic nitrogens is 2. The molecule has 35 heavy (non-hydrogen) atoms. The summed E-state index contributed by atoms with van der Waals surface area (Å²) in [6, 6.07) is 5.75. The molecule has 180 valence electrons. The van der Waals surface area contributed by atoms with E-state index >= 15 is 0 Å². The van der Waals surface area contributed by atoms with Gasteiger partial charge in [-0.2, -0.15) is 0 Å². The number of carbonyl (C=O) groups excluding carboxylic acids is 2. The number of rotatable bonds is 7. The van der Waals surface area contributed by atoms with Gasteiger partial charge in [-0.15, -0.1) is 0 Å². The number of fused-ring (bicyclic) bond motifs is 1. The number of hydrogen-bond donors (Lipinski definition) is 0. The first-order valence-corrected chi connectivity index (χ1v) is 11.6. The summed E-state index contributed by atoms with van der Waals surface area (Å²) in [5, 5.41) is 0. The maximum atomic E-state index is 12.8. The number of ether oxygens (including phenoxy) is 3. The molecule has 5 rings (SSSR count). The van der Waals surface area contributed by atoms with Gasteiger partial charge in [-0.3, -0.25) is 14.8 Å². The van der Waals surface area contributed by atoms with E-state index in [9.17, 15) is 9.59 Å². The Kier molecular flexibility index (Phi) is 6.47. The van der Waals surface area contributed by atoms with E-state index in [2.05, 4.69) is 16.0 Å². The summed E-state index contributed by atoms with van der Waals surface area (Å²) < 4.78 is 16.8. The lowest BCUT2D eigenvalue weighted by Gasteiger charge is -2.23. The number of amides is 2. The number of hydrogen-bond acceptors (Lipinski definition) is 7. The van der Waals surface area contributed by atoms with E-state index in [0.717, 1.165) is 35.0 Å². The predicted octanol–water partition coefficient (Wildman–Crippen LogP) is 4.15. The monoisotopic (exact) mass is 474 g/mol. The summed E-state index contributed by atoms with van der Waals surface area (Å²) in [7, 11) is 1.76. The molecule has 9 heteroatoms. The average Bonchev–Trinajstić information content (AvgIpc) is 3.28. The van der Waals surface area contributed by atoms with Crippen LogP contribution in [0.25, 0.3) is 11.0 Å². The molecule has 1 saturated heterocycles. The van der Waals surface area contributed by atoms with Gasteiger partial charge in [-0.1, -0.05) is 30.4 Å². The highest BCUT2D eigenvalue weighted by Gasteiger charge is 2.36. The third kappa shape index (κ3) is 5.03. The van der Waals surface area contributed by atoms with Gasteiger partial charge < -0.3 is 19.1 Å². The molecule has 0 spiro atoms. The molecule has 1 fully saturated rings. The second kappa shape index (κ2) is 10.0. The molecular weight excluding hydrogens is 448 g/mol. The highest BCUT2D eigenvalue weighted by Crippen LogP contribution is 2.30. The lowest BCUT2D eigenvalue weighted by atomic mass is 10.0. The van der Waals surface area contributed by atoms with Gasteiger partial charge in [-0.25, -0.2) is 9.69 Å². The third-order valence-electron chi connectivity index (χ3n) is 6.12. The van der Waals surface area contributed by atoms with Crippen molar-refractivity contribution in [3.05, 3.63) is 84.1 Å². The molecule has 0 radical (unpaired) electrons. The first-order chi connectivity index (χ1) is 17.1. The number of benzene rings is 1. The summed E-state index contributed by atoms with van der Waals surface area (Å²) in [6.45, 7) is 0.708. The smallest absolute Gasteiger partial charge is 0.417 e. The van der Waals surface area contributed by atoms with Crippen LogP contribution in [0, 0.1) is 0 Å². The van der Waals surface area contributed by atoms with Gasteiger partial charge in [0.1, 0.15) is 12.4 Å². The zero-order valence-corrected chi connectivity index (χ0v) is 19.4. The molecule has 0 bridgehead atoms. The molecule has 3 aliphatic rings. The van der Waals surface area contributed by atoms with Crippen molar-refractivity contribution in [2.24, 2.45) is 0 Å². The SMILES string of the molecule is CN(Cc1cccc2nccnc12)C(=O)CCC1CN(C2=COC=C(C3=CC=CCC3)O2)C(=O)O1. The van der Waals surface area contributed by atoms with Crippen molar-refractivity contribution in [1.29, 1.82) is 0 Å². The minimum Gasteiger partial charge on any atom is -0.463 e. The van der Waals surface area contributed by atoms with Crippen molar-refractivity contribution < 1.29 is 23.8 Å². The highest BCUT2D eigenvalue weighted by atomic mass is 16.6. The Balaban J connectivity index is 1.14. The van der Waals surface area contributed by atoms with Crippen LogP contribution in [0.3, 0.4) is 0 Å². The molecule has 0 N–H and O–H groups in total. The normalized spacial score (nSPS) is 19.3. The minimum absolute atomic E-state index is 0.0423. The molecule has 9 nitrogen and oxygen atoms in total. The number of carbonyl (C=O) groups is 2. The molecule has 1 unspecified atom stereocenters. The number of para-hydroxylation sites is 1. The quantitative estimate of drug-likeness (QED) is 0.595. The molecule has 0 saturated carbocycles. The van der Waals surface area contributed by atoms with Gasteiger partial charge in [-0.05, 0) is 36.5 Å². The van der Waals surface area contributed by atoms with Crippen LogP contribution in [0.1, 0.15) is 31.2 Å². The molecule has 2 aliphatic heterocycles. The lowest BCUT2D eigenvalue weighted by Crippen LogP contribution is -2.29. The Morgan fingerprint density at radius 1 is 1.23 bits per heavy atom. The second-order valence-electron chi connectivity index (χ2n) is 8.58. The van der Waals surface area contributed by atoms with Gasteiger partial charge >= 0.3 is 6.09 Å². The number of allylic oxidation sites excluding steroid dienone is 4. The number of cyclic esters (lactones) is 1. The summed E-state index contributed by atoms with van der Waals surface area (Å²) in [5.41, 5.74) is 3.51.